The fraction of sp³-hybridized carbons (Fsp3) is 0.222. The molecular weight excluding hydrogens is 320 g/mol. The van der Waals surface area contributed by atoms with Crippen LogP contribution in [0.4, 0.5) is 0 Å². The Kier molecular flexibility index (Phi) is 4.12. The largest absolute Gasteiger partial charge is 0.488 e. The summed E-state index contributed by atoms with van der Waals surface area (Å²) in [4.78, 5) is 22.3. The minimum absolute atomic E-state index is 0.0314. The zero-order chi connectivity index (χ0) is 17.1. The van der Waals surface area contributed by atoms with E-state index in [0.717, 1.165) is 17.7 Å². The molecule has 7 nitrogen and oxygen atoms in total. The first kappa shape index (κ1) is 15.3. The molecule has 1 aliphatic rings. The minimum atomic E-state index is -0.153. The molecule has 3 aromatic heterocycles. The molecule has 1 saturated heterocycles. The molecular formula is C18H16N4O3. The maximum Gasteiger partial charge on any atom is 0.276 e. The summed E-state index contributed by atoms with van der Waals surface area (Å²) in [6.07, 6.45) is 7.46. The van der Waals surface area contributed by atoms with Gasteiger partial charge in [-0.1, -0.05) is 5.16 Å². The lowest BCUT2D eigenvalue weighted by atomic mass is 10.2. The number of carbonyl (C=O) groups excluding carboxylic acids is 1. The number of ether oxygens (including phenoxy) is 1. The molecule has 1 atom stereocenters. The van der Waals surface area contributed by atoms with E-state index in [2.05, 4.69) is 15.1 Å². The van der Waals surface area contributed by atoms with Crippen LogP contribution in [0.3, 0.4) is 0 Å². The van der Waals surface area contributed by atoms with Crippen LogP contribution in [0.15, 0.2) is 59.6 Å². The fourth-order valence-corrected chi connectivity index (χ4v) is 2.80. The van der Waals surface area contributed by atoms with Crippen LogP contribution in [0.25, 0.3) is 11.3 Å². The van der Waals surface area contributed by atoms with Crippen molar-refractivity contribution in [2.45, 2.75) is 12.5 Å². The van der Waals surface area contributed by atoms with Crippen LogP contribution in [0, 0.1) is 0 Å². The maximum absolute atomic E-state index is 12.6. The SMILES string of the molecule is O=C(c1cc(-c2cccnc2)on1)N1CC[C@H](Oc2ccncc2)C1. The molecule has 1 amide bonds. The van der Waals surface area contributed by atoms with Crippen molar-refractivity contribution in [3.8, 4) is 17.1 Å². The molecule has 4 heterocycles. The van der Waals surface area contributed by atoms with Gasteiger partial charge in [-0.05, 0) is 24.3 Å². The van der Waals surface area contributed by atoms with E-state index in [1.165, 1.54) is 0 Å². The lowest BCUT2D eigenvalue weighted by Gasteiger charge is -2.15. The number of hydrogen-bond acceptors (Lipinski definition) is 6. The predicted molar refractivity (Wildman–Crippen MR) is 88.9 cm³/mol. The third-order valence-corrected chi connectivity index (χ3v) is 4.06. The first-order chi connectivity index (χ1) is 12.3. The number of aromatic nitrogens is 3. The molecule has 25 heavy (non-hydrogen) atoms. The first-order valence-corrected chi connectivity index (χ1v) is 8.02. The summed E-state index contributed by atoms with van der Waals surface area (Å²) >= 11 is 0. The summed E-state index contributed by atoms with van der Waals surface area (Å²) in [6, 6.07) is 8.93. The van der Waals surface area contributed by atoms with E-state index in [1.807, 2.05) is 18.2 Å². The van der Waals surface area contributed by atoms with Crippen molar-refractivity contribution in [1.29, 1.82) is 0 Å². The molecule has 4 rings (SSSR count). The Balaban J connectivity index is 1.41. The summed E-state index contributed by atoms with van der Waals surface area (Å²) in [5, 5.41) is 3.90. The standard InChI is InChI=1S/C18H16N4O3/c23-18(16-10-17(25-21-16)13-2-1-6-20-11-13)22-9-5-15(12-22)24-14-3-7-19-8-4-14/h1-4,6-8,10-11,15H,5,9,12H2/t15-/m0/s1. The third-order valence-electron chi connectivity index (χ3n) is 4.06. The van der Waals surface area contributed by atoms with E-state index in [-0.39, 0.29) is 12.0 Å². The van der Waals surface area contributed by atoms with Crippen LogP contribution in [0.2, 0.25) is 0 Å². The number of nitrogens with zero attached hydrogens (tertiary/aromatic N) is 4. The van der Waals surface area contributed by atoms with Crippen LogP contribution in [0.5, 0.6) is 5.75 Å². The average molecular weight is 336 g/mol. The molecule has 0 saturated carbocycles. The van der Waals surface area contributed by atoms with Crippen LogP contribution >= 0.6 is 0 Å². The number of hydrogen-bond donors (Lipinski definition) is 0. The number of amides is 1. The second-order valence-corrected chi connectivity index (χ2v) is 5.78. The highest BCUT2D eigenvalue weighted by atomic mass is 16.5. The molecule has 0 spiro atoms. The van der Waals surface area contributed by atoms with Crippen LogP contribution in [0.1, 0.15) is 16.9 Å². The van der Waals surface area contributed by atoms with Gasteiger partial charge in [0, 0.05) is 49.4 Å². The monoisotopic (exact) mass is 336 g/mol. The molecule has 0 N–H and O–H groups in total. The number of carbonyl (C=O) groups is 1. The Morgan fingerprint density at radius 1 is 1.20 bits per heavy atom. The Hall–Kier alpha value is -3.22. The van der Waals surface area contributed by atoms with Crippen LogP contribution in [-0.2, 0) is 0 Å². The van der Waals surface area contributed by atoms with Gasteiger partial charge in [0.1, 0.15) is 11.9 Å². The molecule has 0 aliphatic carbocycles. The second kappa shape index (κ2) is 6.72. The Morgan fingerprint density at radius 2 is 2.08 bits per heavy atom. The van der Waals surface area contributed by atoms with Crippen LogP contribution < -0.4 is 4.74 Å². The van der Waals surface area contributed by atoms with E-state index in [9.17, 15) is 4.79 Å². The van der Waals surface area contributed by atoms with Gasteiger partial charge in [0.25, 0.3) is 5.91 Å². The summed E-state index contributed by atoms with van der Waals surface area (Å²) < 4.78 is 11.2. The summed E-state index contributed by atoms with van der Waals surface area (Å²) in [5.41, 5.74) is 1.08. The van der Waals surface area contributed by atoms with Crippen molar-refractivity contribution >= 4 is 5.91 Å². The smallest absolute Gasteiger partial charge is 0.276 e. The summed E-state index contributed by atoms with van der Waals surface area (Å²) in [6.45, 7) is 1.15. The Bertz CT molecular complexity index is 851. The normalized spacial score (nSPS) is 16.8. The van der Waals surface area contributed by atoms with Gasteiger partial charge in [-0.3, -0.25) is 14.8 Å². The van der Waals surface area contributed by atoms with Crippen molar-refractivity contribution in [1.82, 2.24) is 20.0 Å². The fourth-order valence-electron chi connectivity index (χ4n) is 2.80. The molecule has 1 fully saturated rings. The van der Waals surface area contributed by atoms with Gasteiger partial charge in [-0.15, -0.1) is 0 Å². The van der Waals surface area contributed by atoms with Gasteiger partial charge < -0.3 is 14.2 Å². The molecule has 0 unspecified atom stereocenters. The molecule has 126 valence electrons. The number of likely N-dealkylation sites (tertiary alicyclic amines) is 1. The second-order valence-electron chi connectivity index (χ2n) is 5.78. The summed E-state index contributed by atoms with van der Waals surface area (Å²) in [5.74, 6) is 1.13. The molecule has 0 bridgehead atoms. The van der Waals surface area contributed by atoms with Gasteiger partial charge in [0.2, 0.25) is 0 Å². The molecule has 7 heteroatoms. The molecule has 0 radical (unpaired) electrons. The van der Waals surface area contributed by atoms with E-state index < -0.39 is 0 Å². The summed E-state index contributed by atoms with van der Waals surface area (Å²) in [7, 11) is 0. The van der Waals surface area contributed by atoms with E-state index in [0.29, 0.717) is 24.5 Å². The van der Waals surface area contributed by atoms with E-state index in [4.69, 9.17) is 9.26 Å². The topological polar surface area (TPSA) is 81.4 Å². The predicted octanol–water partition coefficient (Wildman–Crippen LogP) is 2.43. The third kappa shape index (κ3) is 3.35. The maximum atomic E-state index is 12.6. The Labute approximate surface area is 144 Å². The molecule has 3 aromatic rings. The highest BCUT2D eigenvalue weighted by Crippen LogP contribution is 2.22. The van der Waals surface area contributed by atoms with Crippen LogP contribution in [-0.4, -0.2) is 45.1 Å². The van der Waals surface area contributed by atoms with Crippen molar-refractivity contribution in [3.63, 3.8) is 0 Å². The lowest BCUT2D eigenvalue weighted by molar-refractivity contribution is 0.0762. The van der Waals surface area contributed by atoms with Crippen molar-refractivity contribution < 1.29 is 14.1 Å². The zero-order valence-electron chi connectivity index (χ0n) is 13.4. The van der Waals surface area contributed by atoms with E-state index >= 15 is 0 Å². The van der Waals surface area contributed by atoms with Gasteiger partial charge in [0.15, 0.2) is 11.5 Å². The van der Waals surface area contributed by atoms with Gasteiger partial charge in [0.05, 0.1) is 6.54 Å². The quantitative estimate of drug-likeness (QED) is 0.728. The van der Waals surface area contributed by atoms with Crippen molar-refractivity contribution in [2.75, 3.05) is 13.1 Å². The van der Waals surface area contributed by atoms with Gasteiger partial charge >= 0.3 is 0 Å². The number of rotatable bonds is 4. The van der Waals surface area contributed by atoms with Crippen molar-refractivity contribution in [3.05, 3.63) is 60.8 Å². The molecule has 0 aromatic carbocycles. The Morgan fingerprint density at radius 3 is 2.88 bits per heavy atom. The molecule has 1 aliphatic heterocycles. The average Bonchev–Trinajstić information content (AvgIpc) is 3.33. The highest BCUT2D eigenvalue weighted by Gasteiger charge is 2.30. The van der Waals surface area contributed by atoms with Gasteiger partial charge in [-0.25, -0.2) is 0 Å². The van der Waals surface area contributed by atoms with Gasteiger partial charge in [-0.2, -0.15) is 0 Å². The van der Waals surface area contributed by atoms with Crippen molar-refractivity contribution in [2.24, 2.45) is 0 Å². The lowest BCUT2D eigenvalue weighted by Crippen LogP contribution is -2.31. The minimum Gasteiger partial charge on any atom is -0.488 e. The zero-order valence-corrected chi connectivity index (χ0v) is 13.4. The first-order valence-electron chi connectivity index (χ1n) is 8.02. The highest BCUT2D eigenvalue weighted by molar-refractivity contribution is 5.93. The number of pyridine rings is 2. The van der Waals surface area contributed by atoms with E-state index in [1.54, 1.807) is 41.8 Å².